The molecular weight excluding hydrogens is 267 g/mol. The van der Waals surface area contributed by atoms with Crippen LogP contribution in [-0.4, -0.2) is 17.0 Å². The van der Waals surface area contributed by atoms with Crippen LogP contribution in [0.15, 0.2) is 18.2 Å². The molecule has 0 heterocycles. The largest absolute Gasteiger partial charge is 0.471 e. The third-order valence-electron chi connectivity index (χ3n) is 2.05. The topological polar surface area (TPSA) is 96.0 Å². The number of nitrogens with zero attached hydrogens (tertiary/aromatic N) is 2. The zero-order chi connectivity index (χ0) is 14.6. The van der Waals surface area contributed by atoms with E-state index >= 15 is 0 Å². The fourth-order valence-corrected chi connectivity index (χ4v) is 1.23. The van der Waals surface area contributed by atoms with E-state index in [9.17, 15) is 28.1 Å². The van der Waals surface area contributed by atoms with Crippen molar-refractivity contribution >= 4 is 17.3 Å². The van der Waals surface area contributed by atoms with Gasteiger partial charge in [0, 0.05) is 6.07 Å². The predicted octanol–water partition coefficient (Wildman–Crippen LogP) is 2.16. The summed E-state index contributed by atoms with van der Waals surface area (Å²) in [5.41, 5.74) is -1.02. The molecular formula is C10H6F3N3O3. The summed E-state index contributed by atoms with van der Waals surface area (Å²) in [6.07, 6.45) is -5.27. The molecule has 1 aromatic rings. The van der Waals surface area contributed by atoms with Crippen molar-refractivity contribution in [1.82, 2.24) is 0 Å². The summed E-state index contributed by atoms with van der Waals surface area (Å²) in [6, 6.07) is 4.86. The number of nitro benzene ring substituents is 1. The average Bonchev–Trinajstić information content (AvgIpc) is 2.29. The van der Waals surface area contributed by atoms with Gasteiger partial charge in [0.2, 0.25) is 0 Å². The van der Waals surface area contributed by atoms with Crippen LogP contribution in [0.4, 0.5) is 24.5 Å². The van der Waals surface area contributed by atoms with E-state index in [1.54, 1.807) is 6.07 Å². The fraction of sp³-hybridized carbons (Fsp3) is 0.200. The van der Waals surface area contributed by atoms with Crippen LogP contribution in [-0.2, 0) is 11.2 Å². The minimum absolute atomic E-state index is 0.131. The molecule has 0 aliphatic carbocycles. The van der Waals surface area contributed by atoms with Crippen molar-refractivity contribution in [1.29, 1.82) is 5.26 Å². The van der Waals surface area contributed by atoms with Crippen molar-refractivity contribution in [2.45, 2.75) is 12.6 Å². The Kier molecular flexibility index (Phi) is 4.06. The molecule has 1 rings (SSSR count). The molecule has 1 N–H and O–H groups in total. The fourth-order valence-electron chi connectivity index (χ4n) is 1.23. The summed E-state index contributed by atoms with van der Waals surface area (Å²) in [6.45, 7) is 0. The van der Waals surface area contributed by atoms with Crippen molar-refractivity contribution in [3.63, 3.8) is 0 Å². The van der Waals surface area contributed by atoms with Crippen molar-refractivity contribution < 1.29 is 22.9 Å². The van der Waals surface area contributed by atoms with Gasteiger partial charge in [-0.2, -0.15) is 18.4 Å². The highest BCUT2D eigenvalue weighted by Crippen LogP contribution is 2.27. The van der Waals surface area contributed by atoms with Crippen LogP contribution in [0.2, 0.25) is 0 Å². The monoisotopic (exact) mass is 273 g/mol. The number of halogens is 3. The lowest BCUT2D eigenvalue weighted by Crippen LogP contribution is -2.30. The maximum Gasteiger partial charge on any atom is 0.471 e. The predicted molar refractivity (Wildman–Crippen MR) is 57.1 cm³/mol. The molecule has 1 amide bonds. The summed E-state index contributed by atoms with van der Waals surface area (Å²) < 4.78 is 36.1. The molecule has 0 aliphatic rings. The Bertz CT molecular complexity index is 563. The van der Waals surface area contributed by atoms with Gasteiger partial charge in [-0.1, -0.05) is 6.07 Å². The van der Waals surface area contributed by atoms with Gasteiger partial charge in [-0.05, 0) is 11.6 Å². The molecule has 0 aromatic heterocycles. The van der Waals surface area contributed by atoms with Gasteiger partial charge in [-0.3, -0.25) is 14.9 Å². The molecule has 0 unspecified atom stereocenters. The number of carbonyl (C=O) groups excluding carboxylic acids is 1. The van der Waals surface area contributed by atoms with E-state index in [0.717, 1.165) is 12.1 Å². The number of nitro groups is 1. The molecule has 1 aromatic carbocycles. The zero-order valence-electron chi connectivity index (χ0n) is 9.19. The zero-order valence-corrected chi connectivity index (χ0v) is 9.19. The Morgan fingerprint density at radius 3 is 2.58 bits per heavy atom. The number of anilines is 1. The van der Waals surface area contributed by atoms with Crippen LogP contribution in [0, 0.1) is 21.4 Å². The van der Waals surface area contributed by atoms with Crippen LogP contribution < -0.4 is 5.32 Å². The molecule has 0 aliphatic heterocycles. The minimum Gasteiger partial charge on any atom is -0.312 e. The van der Waals surface area contributed by atoms with Gasteiger partial charge in [0.1, 0.15) is 5.69 Å². The van der Waals surface area contributed by atoms with E-state index in [1.165, 1.54) is 11.4 Å². The highest BCUT2D eigenvalue weighted by Gasteiger charge is 2.39. The normalized spacial score (nSPS) is 10.6. The van der Waals surface area contributed by atoms with Crippen LogP contribution in [0.1, 0.15) is 5.56 Å². The lowest BCUT2D eigenvalue weighted by atomic mass is 10.1. The van der Waals surface area contributed by atoms with Crippen molar-refractivity contribution in [3.05, 3.63) is 33.9 Å². The van der Waals surface area contributed by atoms with Crippen molar-refractivity contribution in [3.8, 4) is 6.07 Å². The second-order valence-corrected chi connectivity index (χ2v) is 3.40. The number of rotatable bonds is 3. The van der Waals surface area contributed by atoms with E-state index in [4.69, 9.17) is 5.26 Å². The van der Waals surface area contributed by atoms with E-state index in [0.29, 0.717) is 0 Å². The number of nitrogens with one attached hydrogen (secondary N) is 1. The average molecular weight is 273 g/mol. The second kappa shape index (κ2) is 5.34. The molecule has 0 atom stereocenters. The third kappa shape index (κ3) is 3.67. The van der Waals surface area contributed by atoms with E-state index in [2.05, 4.69) is 0 Å². The summed E-state index contributed by atoms with van der Waals surface area (Å²) in [7, 11) is 0. The smallest absolute Gasteiger partial charge is 0.312 e. The molecule has 0 radical (unpaired) electrons. The van der Waals surface area contributed by atoms with Crippen molar-refractivity contribution in [2.24, 2.45) is 0 Å². The van der Waals surface area contributed by atoms with Crippen LogP contribution >= 0.6 is 0 Å². The Hall–Kier alpha value is -2.63. The number of hydrogen-bond acceptors (Lipinski definition) is 4. The first kappa shape index (κ1) is 14.4. The molecule has 0 bridgehead atoms. The van der Waals surface area contributed by atoms with Gasteiger partial charge in [0.15, 0.2) is 0 Å². The van der Waals surface area contributed by atoms with Crippen LogP contribution in [0.5, 0.6) is 0 Å². The summed E-state index contributed by atoms with van der Waals surface area (Å²) in [4.78, 5) is 20.5. The number of benzene rings is 1. The first-order valence-corrected chi connectivity index (χ1v) is 4.78. The Labute approximate surface area is 104 Å². The summed E-state index contributed by atoms with van der Waals surface area (Å²) >= 11 is 0. The Morgan fingerprint density at radius 2 is 2.11 bits per heavy atom. The number of nitriles is 1. The van der Waals surface area contributed by atoms with Gasteiger partial charge in [-0.15, -0.1) is 0 Å². The number of alkyl halides is 3. The SMILES string of the molecule is N#CCc1ccc(NC(=O)C(F)(F)F)c([N+](=O)[O-])c1. The molecule has 0 spiro atoms. The molecule has 0 fully saturated rings. The molecule has 0 saturated heterocycles. The molecule has 0 saturated carbocycles. The van der Waals surface area contributed by atoms with Gasteiger partial charge in [0.05, 0.1) is 17.4 Å². The maximum absolute atomic E-state index is 12.0. The standard InChI is InChI=1S/C10H6F3N3O3/c11-10(12,13)9(17)15-7-2-1-6(3-4-14)5-8(7)16(18)19/h1-2,5H,3H2,(H,15,17). The Morgan fingerprint density at radius 1 is 1.47 bits per heavy atom. The number of amides is 1. The molecule has 19 heavy (non-hydrogen) atoms. The second-order valence-electron chi connectivity index (χ2n) is 3.40. The lowest BCUT2D eigenvalue weighted by Gasteiger charge is -2.08. The first-order valence-electron chi connectivity index (χ1n) is 4.78. The molecule has 100 valence electrons. The van der Waals surface area contributed by atoms with Crippen LogP contribution in [0.25, 0.3) is 0 Å². The number of carbonyl (C=O) groups is 1. The van der Waals surface area contributed by atoms with Gasteiger partial charge >= 0.3 is 12.1 Å². The van der Waals surface area contributed by atoms with E-state index in [1.807, 2.05) is 0 Å². The van der Waals surface area contributed by atoms with Crippen molar-refractivity contribution in [2.75, 3.05) is 5.32 Å². The number of hydrogen-bond donors (Lipinski definition) is 1. The van der Waals surface area contributed by atoms with Gasteiger partial charge in [0.25, 0.3) is 5.69 Å². The highest BCUT2D eigenvalue weighted by atomic mass is 19.4. The summed E-state index contributed by atoms with van der Waals surface area (Å²) in [5.74, 6) is -2.30. The third-order valence-corrected chi connectivity index (χ3v) is 2.05. The van der Waals surface area contributed by atoms with E-state index in [-0.39, 0.29) is 12.0 Å². The molecule has 6 nitrogen and oxygen atoms in total. The maximum atomic E-state index is 12.0. The molecule has 9 heteroatoms. The lowest BCUT2D eigenvalue weighted by molar-refractivity contribution is -0.384. The Balaban J connectivity index is 3.11. The van der Waals surface area contributed by atoms with Gasteiger partial charge < -0.3 is 5.32 Å². The van der Waals surface area contributed by atoms with Gasteiger partial charge in [-0.25, -0.2) is 0 Å². The quantitative estimate of drug-likeness (QED) is 0.674. The minimum atomic E-state index is -5.14. The summed E-state index contributed by atoms with van der Waals surface area (Å²) in [5, 5.41) is 20.5. The van der Waals surface area contributed by atoms with E-state index < -0.39 is 28.4 Å². The van der Waals surface area contributed by atoms with Crippen LogP contribution in [0.3, 0.4) is 0 Å². The highest BCUT2D eigenvalue weighted by molar-refractivity contribution is 5.96. The first-order chi connectivity index (χ1) is 8.75.